The molecule has 0 N–H and O–H groups in total. The number of carbonyl (C=O) groups is 1. The fraction of sp³-hybridized carbons (Fsp3) is 0.650. The molecule has 1 unspecified atom stereocenters. The summed E-state index contributed by atoms with van der Waals surface area (Å²) in [6, 6.07) is 8.03. The molecule has 0 saturated carbocycles. The number of carbonyl (C=O) groups excluding carboxylic acids is 1. The van der Waals surface area contributed by atoms with E-state index in [2.05, 4.69) is 18.7 Å². The van der Waals surface area contributed by atoms with Gasteiger partial charge in [0.05, 0.1) is 32.3 Å². The maximum absolute atomic E-state index is 12.4. The third-order valence-electron chi connectivity index (χ3n) is 4.54. The first-order chi connectivity index (χ1) is 12.5. The Labute approximate surface area is 157 Å². The van der Waals surface area contributed by atoms with Crippen molar-refractivity contribution in [2.75, 3.05) is 46.5 Å². The molecule has 1 heterocycles. The van der Waals surface area contributed by atoms with Crippen molar-refractivity contribution in [2.45, 2.75) is 39.3 Å². The molecule has 2 rings (SSSR count). The minimum absolute atomic E-state index is 0.0232. The lowest BCUT2D eigenvalue weighted by molar-refractivity contribution is -0.135. The lowest BCUT2D eigenvalue weighted by atomic mass is 10.1. The van der Waals surface area contributed by atoms with Gasteiger partial charge in [0, 0.05) is 32.2 Å². The van der Waals surface area contributed by atoms with Gasteiger partial charge in [0.1, 0.15) is 18.1 Å². The van der Waals surface area contributed by atoms with Crippen LogP contribution in [0.3, 0.4) is 0 Å². The molecule has 0 aromatic heterocycles. The number of benzene rings is 1. The Bertz CT molecular complexity index is 564. The zero-order valence-electron chi connectivity index (χ0n) is 16.4. The highest BCUT2D eigenvalue weighted by molar-refractivity contribution is 5.76. The molecule has 1 aliphatic rings. The van der Waals surface area contributed by atoms with E-state index in [0.717, 1.165) is 24.6 Å². The van der Waals surface area contributed by atoms with Gasteiger partial charge in [0.25, 0.3) is 0 Å². The molecule has 0 spiro atoms. The largest absolute Gasteiger partial charge is 0.494 e. The van der Waals surface area contributed by atoms with Crippen LogP contribution in [0.15, 0.2) is 24.3 Å². The van der Waals surface area contributed by atoms with E-state index in [9.17, 15) is 4.79 Å². The average Bonchev–Trinajstić information content (AvgIpc) is 2.62. The fourth-order valence-corrected chi connectivity index (χ4v) is 2.93. The zero-order valence-corrected chi connectivity index (χ0v) is 16.4. The highest BCUT2D eigenvalue weighted by Gasteiger charge is 2.25. The minimum atomic E-state index is -0.0232. The molecule has 26 heavy (non-hydrogen) atoms. The molecule has 1 amide bonds. The third kappa shape index (κ3) is 6.50. The molecule has 1 aliphatic heterocycles. The third-order valence-corrected chi connectivity index (χ3v) is 4.54. The second kappa shape index (κ2) is 10.4. The molecule has 1 fully saturated rings. The molecule has 1 aromatic carbocycles. The van der Waals surface area contributed by atoms with E-state index >= 15 is 0 Å². The lowest BCUT2D eigenvalue weighted by Gasteiger charge is -2.35. The Hall–Kier alpha value is -1.79. The van der Waals surface area contributed by atoms with Crippen LogP contribution in [0.1, 0.15) is 27.2 Å². The van der Waals surface area contributed by atoms with Crippen LogP contribution in [-0.2, 0) is 9.53 Å². The summed E-state index contributed by atoms with van der Waals surface area (Å²) in [6.07, 6.45) is 0.393. The molecule has 6 heteroatoms. The zero-order chi connectivity index (χ0) is 18.9. The van der Waals surface area contributed by atoms with Crippen LogP contribution < -0.4 is 9.47 Å². The Morgan fingerprint density at radius 2 is 2.08 bits per heavy atom. The topological polar surface area (TPSA) is 51.2 Å². The van der Waals surface area contributed by atoms with Crippen LogP contribution in [0.5, 0.6) is 11.5 Å². The van der Waals surface area contributed by atoms with Gasteiger partial charge in [0.2, 0.25) is 5.91 Å². The van der Waals surface area contributed by atoms with Crippen molar-refractivity contribution in [1.82, 2.24) is 9.80 Å². The summed E-state index contributed by atoms with van der Waals surface area (Å²) in [6.45, 7) is 10.4. The SMILES string of the molecule is CCOc1cccc(OCCN(C)C(=O)CC2CN(C(C)C)CCO2)c1. The van der Waals surface area contributed by atoms with Gasteiger partial charge < -0.3 is 19.1 Å². The molecular formula is C20H32N2O4. The first-order valence-electron chi connectivity index (χ1n) is 9.45. The molecule has 0 radical (unpaired) electrons. The number of morpholine rings is 1. The van der Waals surface area contributed by atoms with Crippen LogP contribution in [0.2, 0.25) is 0 Å². The average molecular weight is 364 g/mol. The van der Waals surface area contributed by atoms with Gasteiger partial charge in [-0.25, -0.2) is 0 Å². The van der Waals surface area contributed by atoms with E-state index < -0.39 is 0 Å². The standard InChI is InChI=1S/C20H32N2O4/c1-5-24-17-7-6-8-18(13-17)25-11-9-21(4)20(23)14-19-15-22(16(2)3)10-12-26-19/h6-8,13,16,19H,5,9-12,14-15H2,1-4H3. The summed E-state index contributed by atoms with van der Waals surface area (Å²) in [7, 11) is 1.81. The summed E-state index contributed by atoms with van der Waals surface area (Å²) in [4.78, 5) is 16.5. The van der Waals surface area contributed by atoms with Gasteiger partial charge in [-0.1, -0.05) is 6.07 Å². The van der Waals surface area contributed by atoms with Crippen LogP contribution in [0.4, 0.5) is 0 Å². The van der Waals surface area contributed by atoms with Crippen molar-refractivity contribution < 1.29 is 19.0 Å². The van der Waals surface area contributed by atoms with Crippen LogP contribution in [0.25, 0.3) is 0 Å². The number of hydrogen-bond donors (Lipinski definition) is 0. The van der Waals surface area contributed by atoms with Crippen LogP contribution >= 0.6 is 0 Å². The Morgan fingerprint density at radius 1 is 1.35 bits per heavy atom. The van der Waals surface area contributed by atoms with Gasteiger partial charge in [-0.2, -0.15) is 0 Å². The number of nitrogens with zero attached hydrogens (tertiary/aromatic N) is 2. The summed E-state index contributed by atoms with van der Waals surface area (Å²) >= 11 is 0. The number of rotatable bonds is 9. The van der Waals surface area contributed by atoms with E-state index in [1.165, 1.54) is 0 Å². The normalized spacial score (nSPS) is 18.0. The second-order valence-corrected chi connectivity index (χ2v) is 6.86. The first kappa shape index (κ1) is 20.5. The predicted octanol–water partition coefficient (Wildman–Crippen LogP) is 2.42. The monoisotopic (exact) mass is 364 g/mol. The second-order valence-electron chi connectivity index (χ2n) is 6.86. The van der Waals surface area contributed by atoms with Crippen molar-refractivity contribution in [3.63, 3.8) is 0 Å². The Kier molecular flexibility index (Phi) is 8.19. The Balaban J connectivity index is 1.72. The fourth-order valence-electron chi connectivity index (χ4n) is 2.93. The smallest absolute Gasteiger partial charge is 0.225 e. The number of ether oxygens (including phenoxy) is 3. The molecule has 6 nitrogen and oxygen atoms in total. The van der Waals surface area contributed by atoms with E-state index in [4.69, 9.17) is 14.2 Å². The number of likely N-dealkylation sites (N-methyl/N-ethyl adjacent to an activating group) is 1. The first-order valence-corrected chi connectivity index (χ1v) is 9.45. The summed E-state index contributed by atoms with van der Waals surface area (Å²) < 4.78 is 17.0. The van der Waals surface area contributed by atoms with Crippen molar-refractivity contribution in [3.8, 4) is 11.5 Å². The highest BCUT2D eigenvalue weighted by atomic mass is 16.5. The van der Waals surface area contributed by atoms with Crippen molar-refractivity contribution in [2.24, 2.45) is 0 Å². The minimum Gasteiger partial charge on any atom is -0.494 e. The maximum atomic E-state index is 12.4. The summed E-state index contributed by atoms with van der Waals surface area (Å²) in [5, 5.41) is 0. The van der Waals surface area contributed by atoms with Crippen molar-refractivity contribution in [3.05, 3.63) is 24.3 Å². The highest BCUT2D eigenvalue weighted by Crippen LogP contribution is 2.19. The molecule has 146 valence electrons. The molecule has 1 saturated heterocycles. The molecular weight excluding hydrogens is 332 g/mol. The number of amides is 1. The summed E-state index contributed by atoms with van der Waals surface area (Å²) in [5.41, 5.74) is 0. The Morgan fingerprint density at radius 3 is 2.77 bits per heavy atom. The lowest BCUT2D eigenvalue weighted by Crippen LogP contribution is -2.47. The molecule has 1 aromatic rings. The van der Waals surface area contributed by atoms with Gasteiger partial charge >= 0.3 is 0 Å². The van der Waals surface area contributed by atoms with E-state index in [0.29, 0.717) is 38.8 Å². The van der Waals surface area contributed by atoms with E-state index in [1.54, 1.807) is 4.90 Å². The van der Waals surface area contributed by atoms with Crippen molar-refractivity contribution >= 4 is 5.91 Å². The van der Waals surface area contributed by atoms with Crippen LogP contribution in [-0.4, -0.2) is 74.4 Å². The number of hydrogen-bond acceptors (Lipinski definition) is 5. The molecule has 0 bridgehead atoms. The summed E-state index contributed by atoms with van der Waals surface area (Å²) in [5.74, 6) is 1.63. The van der Waals surface area contributed by atoms with E-state index in [-0.39, 0.29) is 12.0 Å². The maximum Gasteiger partial charge on any atom is 0.225 e. The van der Waals surface area contributed by atoms with Gasteiger partial charge in [-0.3, -0.25) is 9.69 Å². The van der Waals surface area contributed by atoms with Gasteiger partial charge in [0.15, 0.2) is 0 Å². The predicted molar refractivity (Wildman–Crippen MR) is 102 cm³/mol. The quantitative estimate of drug-likeness (QED) is 0.674. The van der Waals surface area contributed by atoms with Crippen LogP contribution in [0, 0.1) is 0 Å². The van der Waals surface area contributed by atoms with Gasteiger partial charge in [-0.05, 0) is 32.9 Å². The molecule has 0 aliphatic carbocycles. The van der Waals surface area contributed by atoms with E-state index in [1.807, 2.05) is 38.2 Å². The van der Waals surface area contributed by atoms with Gasteiger partial charge in [-0.15, -0.1) is 0 Å². The van der Waals surface area contributed by atoms with Crippen molar-refractivity contribution in [1.29, 1.82) is 0 Å². The molecule has 1 atom stereocenters.